The molecule has 5 nitrogen and oxygen atoms in total. The minimum Gasteiger partial charge on any atom is -0.301 e. The van der Waals surface area contributed by atoms with Gasteiger partial charge in [0.15, 0.2) is 0 Å². The first-order valence-corrected chi connectivity index (χ1v) is 5.63. The zero-order chi connectivity index (χ0) is 10.5. The van der Waals surface area contributed by atoms with Crippen LogP contribution in [0.4, 0.5) is 0 Å². The summed E-state index contributed by atoms with van der Waals surface area (Å²) in [5.41, 5.74) is 0. The second kappa shape index (κ2) is 5.54. The summed E-state index contributed by atoms with van der Waals surface area (Å²) in [7, 11) is -4.31. The molecular weight excluding hydrogens is 194 g/mol. The number of hydrogen-bond acceptors (Lipinski definition) is 4. The standard InChI is InChI=1S/C7H17NO4S/c1-4-8(5-2)6-7(3)12-13(9,10)11/h7H,4-6H2,1-3H3,(H,9,10,11). The van der Waals surface area contributed by atoms with Crippen LogP contribution in [0.5, 0.6) is 0 Å². The molecule has 1 atom stereocenters. The molecule has 6 heteroatoms. The van der Waals surface area contributed by atoms with Crippen molar-refractivity contribution < 1.29 is 17.2 Å². The molecule has 0 rings (SSSR count). The van der Waals surface area contributed by atoms with E-state index in [2.05, 4.69) is 4.18 Å². The van der Waals surface area contributed by atoms with Gasteiger partial charge in [-0.25, -0.2) is 4.18 Å². The summed E-state index contributed by atoms with van der Waals surface area (Å²) < 4.78 is 33.4. The fourth-order valence-electron chi connectivity index (χ4n) is 1.08. The highest BCUT2D eigenvalue weighted by Crippen LogP contribution is 1.99. The molecule has 13 heavy (non-hydrogen) atoms. The number of hydrogen-bond donors (Lipinski definition) is 1. The van der Waals surface area contributed by atoms with Crippen LogP contribution in [0, 0.1) is 0 Å². The molecule has 0 aliphatic rings. The van der Waals surface area contributed by atoms with Gasteiger partial charge in [-0.05, 0) is 20.0 Å². The van der Waals surface area contributed by atoms with E-state index in [0.29, 0.717) is 6.54 Å². The van der Waals surface area contributed by atoms with E-state index in [1.54, 1.807) is 6.92 Å². The van der Waals surface area contributed by atoms with Crippen molar-refractivity contribution in [2.75, 3.05) is 19.6 Å². The lowest BCUT2D eigenvalue weighted by molar-refractivity contribution is 0.143. The second-order valence-electron chi connectivity index (χ2n) is 2.82. The van der Waals surface area contributed by atoms with Gasteiger partial charge in [0.25, 0.3) is 0 Å². The first-order valence-electron chi connectivity index (χ1n) is 4.27. The molecule has 0 fully saturated rings. The van der Waals surface area contributed by atoms with Crippen molar-refractivity contribution in [3.05, 3.63) is 0 Å². The zero-order valence-corrected chi connectivity index (χ0v) is 9.04. The fraction of sp³-hybridized carbons (Fsp3) is 1.00. The maximum atomic E-state index is 10.3. The lowest BCUT2D eigenvalue weighted by Gasteiger charge is -2.21. The van der Waals surface area contributed by atoms with Gasteiger partial charge in [-0.1, -0.05) is 13.8 Å². The molecule has 1 unspecified atom stereocenters. The molecule has 0 aromatic carbocycles. The van der Waals surface area contributed by atoms with Crippen LogP contribution in [0.3, 0.4) is 0 Å². The third kappa shape index (κ3) is 6.94. The molecule has 0 heterocycles. The van der Waals surface area contributed by atoms with E-state index < -0.39 is 16.5 Å². The Labute approximate surface area is 79.6 Å². The molecule has 1 N–H and O–H groups in total. The summed E-state index contributed by atoms with van der Waals surface area (Å²) in [6.45, 7) is 7.71. The van der Waals surface area contributed by atoms with Crippen LogP contribution in [0.15, 0.2) is 0 Å². The van der Waals surface area contributed by atoms with Crippen molar-refractivity contribution in [2.45, 2.75) is 26.9 Å². The van der Waals surface area contributed by atoms with Gasteiger partial charge in [-0.3, -0.25) is 4.55 Å². The van der Waals surface area contributed by atoms with E-state index in [1.807, 2.05) is 18.7 Å². The van der Waals surface area contributed by atoms with Crippen LogP contribution in [0.1, 0.15) is 20.8 Å². The maximum Gasteiger partial charge on any atom is 0.397 e. The van der Waals surface area contributed by atoms with Crippen molar-refractivity contribution in [1.82, 2.24) is 4.90 Å². The van der Waals surface area contributed by atoms with E-state index in [-0.39, 0.29) is 0 Å². The number of rotatable bonds is 6. The maximum absolute atomic E-state index is 10.3. The molecule has 0 aliphatic carbocycles. The van der Waals surface area contributed by atoms with Crippen LogP contribution in [-0.2, 0) is 14.6 Å². The minimum atomic E-state index is -4.31. The van der Waals surface area contributed by atoms with Gasteiger partial charge in [0.2, 0.25) is 0 Å². The van der Waals surface area contributed by atoms with Gasteiger partial charge in [-0.15, -0.1) is 0 Å². The third-order valence-corrected chi connectivity index (χ3v) is 2.27. The van der Waals surface area contributed by atoms with Gasteiger partial charge >= 0.3 is 10.4 Å². The van der Waals surface area contributed by atoms with Gasteiger partial charge in [-0.2, -0.15) is 8.42 Å². The van der Waals surface area contributed by atoms with Crippen LogP contribution in [0.25, 0.3) is 0 Å². The molecule has 0 spiro atoms. The zero-order valence-electron chi connectivity index (χ0n) is 8.23. The monoisotopic (exact) mass is 211 g/mol. The molecule has 0 amide bonds. The molecule has 0 saturated heterocycles. The molecule has 0 aromatic heterocycles. The third-order valence-electron chi connectivity index (χ3n) is 1.70. The van der Waals surface area contributed by atoms with Crippen molar-refractivity contribution in [3.8, 4) is 0 Å². The Balaban J connectivity index is 3.93. The molecule has 0 aromatic rings. The Kier molecular flexibility index (Phi) is 5.46. The SMILES string of the molecule is CCN(CC)CC(C)OS(=O)(=O)O. The molecule has 0 aliphatic heterocycles. The van der Waals surface area contributed by atoms with E-state index in [9.17, 15) is 8.42 Å². The predicted octanol–water partition coefficient (Wildman–Crippen LogP) is 0.536. The van der Waals surface area contributed by atoms with Crippen molar-refractivity contribution >= 4 is 10.4 Å². The van der Waals surface area contributed by atoms with Gasteiger partial charge in [0.05, 0.1) is 6.10 Å². The van der Waals surface area contributed by atoms with Crippen LogP contribution in [-0.4, -0.2) is 43.6 Å². The van der Waals surface area contributed by atoms with Crippen molar-refractivity contribution in [2.24, 2.45) is 0 Å². The van der Waals surface area contributed by atoms with Crippen molar-refractivity contribution in [1.29, 1.82) is 0 Å². The van der Waals surface area contributed by atoms with Gasteiger partial charge < -0.3 is 4.90 Å². The smallest absolute Gasteiger partial charge is 0.301 e. The van der Waals surface area contributed by atoms with Gasteiger partial charge in [0.1, 0.15) is 0 Å². The summed E-state index contributed by atoms with van der Waals surface area (Å²) in [5.74, 6) is 0. The molecule has 80 valence electrons. The molecular formula is C7H17NO4S. The van der Waals surface area contributed by atoms with E-state index in [0.717, 1.165) is 13.1 Å². The van der Waals surface area contributed by atoms with Crippen LogP contribution in [0.2, 0.25) is 0 Å². The topological polar surface area (TPSA) is 66.8 Å². The summed E-state index contributed by atoms with van der Waals surface area (Å²) in [6.07, 6.45) is -0.519. The van der Waals surface area contributed by atoms with Crippen LogP contribution >= 0.6 is 0 Å². The lowest BCUT2D eigenvalue weighted by atomic mass is 10.3. The highest BCUT2D eigenvalue weighted by molar-refractivity contribution is 7.80. The number of nitrogens with zero attached hydrogens (tertiary/aromatic N) is 1. The predicted molar refractivity (Wildman–Crippen MR) is 49.9 cm³/mol. The van der Waals surface area contributed by atoms with E-state index >= 15 is 0 Å². The Bertz CT molecular complexity index is 223. The Morgan fingerprint density at radius 2 is 1.85 bits per heavy atom. The molecule has 0 saturated carbocycles. The summed E-state index contributed by atoms with van der Waals surface area (Å²) >= 11 is 0. The van der Waals surface area contributed by atoms with E-state index in [4.69, 9.17) is 4.55 Å². The fourth-order valence-corrected chi connectivity index (χ4v) is 1.56. The van der Waals surface area contributed by atoms with Gasteiger partial charge in [0, 0.05) is 6.54 Å². The minimum absolute atomic E-state index is 0.493. The van der Waals surface area contributed by atoms with E-state index in [1.165, 1.54) is 0 Å². The largest absolute Gasteiger partial charge is 0.397 e. The highest BCUT2D eigenvalue weighted by Gasteiger charge is 2.14. The normalized spacial score (nSPS) is 14.8. The Morgan fingerprint density at radius 1 is 1.38 bits per heavy atom. The average molecular weight is 211 g/mol. The summed E-state index contributed by atoms with van der Waals surface area (Å²) in [4.78, 5) is 2.01. The Hall–Kier alpha value is -0.170. The highest BCUT2D eigenvalue weighted by atomic mass is 32.3. The summed E-state index contributed by atoms with van der Waals surface area (Å²) in [5, 5.41) is 0. The first-order chi connectivity index (χ1) is 5.89. The average Bonchev–Trinajstić information content (AvgIpc) is 1.96. The lowest BCUT2D eigenvalue weighted by Crippen LogP contribution is -2.33. The second-order valence-corrected chi connectivity index (χ2v) is 3.87. The molecule has 0 bridgehead atoms. The van der Waals surface area contributed by atoms with Crippen LogP contribution < -0.4 is 0 Å². The van der Waals surface area contributed by atoms with Crippen molar-refractivity contribution in [3.63, 3.8) is 0 Å². The quantitative estimate of drug-likeness (QED) is 0.649. The summed E-state index contributed by atoms with van der Waals surface area (Å²) in [6, 6.07) is 0. The molecule has 0 radical (unpaired) electrons. The Morgan fingerprint density at radius 3 is 2.15 bits per heavy atom. The number of likely N-dealkylation sites (N-methyl/N-ethyl adjacent to an activating group) is 1. The first kappa shape index (κ1) is 12.8.